The summed E-state index contributed by atoms with van der Waals surface area (Å²) in [6, 6.07) is 6.20. The number of hydrogen-bond donors (Lipinski definition) is 3. The number of carbonyl (C=O) groups excluding carboxylic acids is 1. The number of nitrogens with one attached hydrogen (secondary N) is 3. The number of rotatable bonds is 4. The fraction of sp³-hybridized carbons (Fsp3) is 0.562. The molecule has 0 aromatic heterocycles. The van der Waals surface area contributed by atoms with Gasteiger partial charge in [-0.15, -0.1) is 12.4 Å². The van der Waals surface area contributed by atoms with Crippen molar-refractivity contribution in [3.05, 3.63) is 29.8 Å². The summed E-state index contributed by atoms with van der Waals surface area (Å²) in [5.74, 6) is -0.162. The van der Waals surface area contributed by atoms with E-state index in [0.717, 1.165) is 25.9 Å². The van der Waals surface area contributed by atoms with E-state index < -0.39 is 15.6 Å². The second-order valence-electron chi connectivity index (χ2n) is 6.88. The number of halogens is 1. The molecule has 1 fully saturated rings. The van der Waals surface area contributed by atoms with E-state index in [-0.39, 0.29) is 29.3 Å². The monoisotopic (exact) mass is 375 g/mol. The summed E-state index contributed by atoms with van der Waals surface area (Å²) >= 11 is 0. The predicted molar refractivity (Wildman–Crippen MR) is 97.1 cm³/mol. The summed E-state index contributed by atoms with van der Waals surface area (Å²) in [6.07, 6.45) is 1.82. The molecule has 1 aliphatic rings. The van der Waals surface area contributed by atoms with Gasteiger partial charge in [0.1, 0.15) is 0 Å². The first kappa shape index (κ1) is 20.9. The van der Waals surface area contributed by atoms with Gasteiger partial charge in [0.15, 0.2) is 0 Å². The molecule has 0 radical (unpaired) electrons. The van der Waals surface area contributed by atoms with Crippen LogP contribution in [0.2, 0.25) is 0 Å². The highest BCUT2D eigenvalue weighted by Crippen LogP contribution is 2.14. The lowest BCUT2D eigenvalue weighted by atomic mass is 10.1. The first-order valence-electron chi connectivity index (χ1n) is 7.83. The van der Waals surface area contributed by atoms with Crippen molar-refractivity contribution in [2.24, 2.45) is 0 Å². The topological polar surface area (TPSA) is 87.3 Å². The molecule has 0 spiro atoms. The Kier molecular flexibility index (Phi) is 7.22. The number of carbonyl (C=O) groups is 1. The van der Waals surface area contributed by atoms with Gasteiger partial charge in [0.2, 0.25) is 10.0 Å². The van der Waals surface area contributed by atoms with E-state index in [1.165, 1.54) is 12.1 Å². The maximum atomic E-state index is 12.2. The third-order valence-electron chi connectivity index (χ3n) is 3.54. The first-order chi connectivity index (χ1) is 10.7. The van der Waals surface area contributed by atoms with E-state index in [4.69, 9.17) is 0 Å². The van der Waals surface area contributed by atoms with Crippen LogP contribution in [0.3, 0.4) is 0 Å². The molecule has 0 saturated carbocycles. The van der Waals surface area contributed by atoms with Crippen LogP contribution < -0.4 is 15.4 Å². The summed E-state index contributed by atoms with van der Waals surface area (Å²) in [5, 5.41) is 6.23. The Morgan fingerprint density at radius 3 is 2.17 bits per heavy atom. The van der Waals surface area contributed by atoms with Gasteiger partial charge in [0.05, 0.1) is 4.90 Å². The third kappa shape index (κ3) is 6.05. The van der Waals surface area contributed by atoms with Crippen LogP contribution in [0, 0.1) is 0 Å². The molecule has 3 N–H and O–H groups in total. The molecular weight excluding hydrogens is 350 g/mol. The normalized spacial score (nSPS) is 16.3. The van der Waals surface area contributed by atoms with Crippen molar-refractivity contribution in [3.8, 4) is 0 Å². The van der Waals surface area contributed by atoms with E-state index in [0.29, 0.717) is 5.56 Å². The van der Waals surface area contributed by atoms with Crippen LogP contribution in [0.25, 0.3) is 0 Å². The molecule has 1 saturated heterocycles. The molecule has 8 heteroatoms. The molecule has 0 bridgehead atoms. The molecule has 136 valence electrons. The zero-order chi connectivity index (χ0) is 17.1. The van der Waals surface area contributed by atoms with E-state index in [9.17, 15) is 13.2 Å². The number of benzene rings is 1. The molecule has 1 aromatic carbocycles. The van der Waals surface area contributed by atoms with Gasteiger partial charge in [-0.2, -0.15) is 0 Å². The van der Waals surface area contributed by atoms with Crippen LogP contribution in [0.4, 0.5) is 0 Å². The molecular formula is C16H26ClN3O3S. The lowest BCUT2D eigenvalue weighted by Gasteiger charge is -2.23. The zero-order valence-electron chi connectivity index (χ0n) is 14.3. The van der Waals surface area contributed by atoms with Gasteiger partial charge >= 0.3 is 0 Å². The maximum absolute atomic E-state index is 12.2. The van der Waals surface area contributed by atoms with Crippen LogP contribution in [0.1, 0.15) is 44.0 Å². The average molecular weight is 376 g/mol. The third-order valence-corrected chi connectivity index (χ3v) is 5.32. The van der Waals surface area contributed by atoms with Gasteiger partial charge in [-0.25, -0.2) is 13.1 Å². The van der Waals surface area contributed by atoms with Crippen LogP contribution in [-0.4, -0.2) is 39.0 Å². The van der Waals surface area contributed by atoms with Gasteiger partial charge in [-0.3, -0.25) is 4.79 Å². The molecule has 0 aliphatic carbocycles. The summed E-state index contributed by atoms with van der Waals surface area (Å²) in [6.45, 7) is 7.16. The van der Waals surface area contributed by atoms with E-state index in [2.05, 4.69) is 15.4 Å². The van der Waals surface area contributed by atoms with E-state index >= 15 is 0 Å². The summed E-state index contributed by atoms with van der Waals surface area (Å²) in [5.41, 5.74) is -0.0811. The molecule has 1 amide bonds. The SMILES string of the molecule is CC(C)(C)NS(=O)(=O)c1ccc(C(=O)NC2CCNCC2)cc1.Cl. The smallest absolute Gasteiger partial charge is 0.251 e. The molecule has 1 aromatic rings. The Morgan fingerprint density at radius 1 is 1.12 bits per heavy atom. The Balaban J connectivity index is 0.00000288. The van der Waals surface area contributed by atoms with Gasteiger partial charge < -0.3 is 10.6 Å². The Labute approximate surface area is 150 Å². The predicted octanol–water partition coefficient (Wildman–Crippen LogP) is 1.67. The van der Waals surface area contributed by atoms with Crippen molar-refractivity contribution in [1.29, 1.82) is 0 Å². The van der Waals surface area contributed by atoms with Crippen molar-refractivity contribution >= 4 is 28.3 Å². The van der Waals surface area contributed by atoms with E-state index in [1.54, 1.807) is 32.9 Å². The van der Waals surface area contributed by atoms with Crippen LogP contribution in [0.15, 0.2) is 29.2 Å². The highest BCUT2D eigenvalue weighted by atomic mass is 35.5. The Morgan fingerprint density at radius 2 is 1.67 bits per heavy atom. The van der Waals surface area contributed by atoms with Gasteiger partial charge in [-0.1, -0.05) is 0 Å². The quantitative estimate of drug-likeness (QED) is 0.747. The largest absolute Gasteiger partial charge is 0.349 e. The average Bonchev–Trinajstić information content (AvgIpc) is 2.46. The van der Waals surface area contributed by atoms with E-state index in [1.807, 2.05) is 0 Å². The highest BCUT2D eigenvalue weighted by Gasteiger charge is 2.22. The minimum absolute atomic E-state index is 0. The molecule has 0 atom stereocenters. The van der Waals surface area contributed by atoms with Crippen molar-refractivity contribution in [2.75, 3.05) is 13.1 Å². The Bertz CT molecular complexity index is 648. The zero-order valence-corrected chi connectivity index (χ0v) is 15.9. The molecule has 0 unspecified atom stereocenters. The van der Waals surface area contributed by atoms with Crippen LogP contribution in [0.5, 0.6) is 0 Å². The standard InChI is InChI=1S/C16H25N3O3S.ClH/c1-16(2,3)19-23(21,22)14-6-4-12(5-7-14)15(20)18-13-8-10-17-11-9-13;/h4-7,13,17,19H,8-11H2,1-3H3,(H,18,20);1H. The lowest BCUT2D eigenvalue weighted by Crippen LogP contribution is -2.42. The van der Waals surface area contributed by atoms with Crippen molar-refractivity contribution in [2.45, 2.75) is 50.1 Å². The number of amides is 1. The van der Waals surface area contributed by atoms with Crippen molar-refractivity contribution in [1.82, 2.24) is 15.4 Å². The first-order valence-corrected chi connectivity index (χ1v) is 9.31. The molecule has 2 rings (SSSR count). The highest BCUT2D eigenvalue weighted by molar-refractivity contribution is 7.89. The second kappa shape index (κ2) is 8.29. The Hall–Kier alpha value is -1.15. The minimum atomic E-state index is -3.58. The summed E-state index contributed by atoms with van der Waals surface area (Å²) in [4.78, 5) is 12.4. The van der Waals surface area contributed by atoms with Gasteiger partial charge in [0, 0.05) is 17.1 Å². The van der Waals surface area contributed by atoms with Gasteiger partial charge in [-0.05, 0) is 71.0 Å². The molecule has 1 aliphatic heterocycles. The number of sulfonamides is 1. The van der Waals surface area contributed by atoms with Gasteiger partial charge in [0.25, 0.3) is 5.91 Å². The molecule has 24 heavy (non-hydrogen) atoms. The second-order valence-corrected chi connectivity index (χ2v) is 8.56. The lowest BCUT2D eigenvalue weighted by molar-refractivity contribution is 0.0929. The summed E-state index contributed by atoms with van der Waals surface area (Å²) < 4.78 is 27.0. The fourth-order valence-corrected chi connectivity index (χ4v) is 3.90. The molecule has 1 heterocycles. The fourth-order valence-electron chi connectivity index (χ4n) is 2.48. The number of hydrogen-bond acceptors (Lipinski definition) is 4. The number of piperidine rings is 1. The molecule has 6 nitrogen and oxygen atoms in total. The van der Waals surface area contributed by atoms with Crippen molar-refractivity contribution < 1.29 is 13.2 Å². The summed E-state index contributed by atoms with van der Waals surface area (Å²) in [7, 11) is -3.58. The minimum Gasteiger partial charge on any atom is -0.349 e. The van der Waals surface area contributed by atoms with Crippen molar-refractivity contribution in [3.63, 3.8) is 0 Å². The van der Waals surface area contributed by atoms with Crippen LogP contribution in [-0.2, 0) is 10.0 Å². The van der Waals surface area contributed by atoms with Crippen LogP contribution >= 0.6 is 12.4 Å². The maximum Gasteiger partial charge on any atom is 0.251 e.